The molecule has 0 aliphatic rings. The van der Waals surface area contributed by atoms with E-state index in [0.717, 1.165) is 17.7 Å². The lowest BCUT2D eigenvalue weighted by atomic mass is 9.88. The Labute approximate surface area is 128 Å². The first-order valence-electron chi connectivity index (χ1n) is 7.17. The van der Waals surface area contributed by atoms with Gasteiger partial charge < -0.3 is 0 Å². The third kappa shape index (κ3) is 5.19. The van der Waals surface area contributed by atoms with E-state index in [9.17, 15) is 5.26 Å². The zero-order chi connectivity index (χ0) is 15.2. The first-order chi connectivity index (χ1) is 9.29. The minimum Gasteiger partial charge on any atom is -0.293 e. The zero-order valence-corrected chi connectivity index (χ0v) is 14.1. The van der Waals surface area contributed by atoms with E-state index >= 15 is 0 Å². The molecular formula is C17H26N2S. The standard InChI is InChI=1S/C17H26N2S/c1-14(2)19-17(13-18,11-12-20-16(3,4)5)15-9-7-6-8-10-15/h6-10,14,19H,11-12H2,1-5H3. The molecule has 0 amide bonds. The Kier molecular flexibility index (Phi) is 6.10. The van der Waals surface area contributed by atoms with Crippen molar-refractivity contribution >= 4 is 11.8 Å². The van der Waals surface area contributed by atoms with E-state index in [-0.39, 0.29) is 10.8 Å². The molecule has 0 bridgehead atoms. The average molecular weight is 290 g/mol. The van der Waals surface area contributed by atoms with Crippen molar-refractivity contribution in [3.8, 4) is 6.07 Å². The molecular weight excluding hydrogens is 264 g/mol. The maximum atomic E-state index is 9.79. The molecule has 2 nitrogen and oxygen atoms in total. The predicted molar refractivity (Wildman–Crippen MR) is 88.8 cm³/mol. The van der Waals surface area contributed by atoms with Crippen molar-refractivity contribution in [1.29, 1.82) is 5.26 Å². The van der Waals surface area contributed by atoms with E-state index in [2.05, 4.69) is 46.0 Å². The summed E-state index contributed by atoms with van der Waals surface area (Å²) in [5.74, 6) is 0.964. The number of thioether (sulfide) groups is 1. The Bertz CT molecular complexity index is 442. The summed E-state index contributed by atoms with van der Waals surface area (Å²) >= 11 is 1.91. The molecule has 1 aromatic carbocycles. The van der Waals surface area contributed by atoms with Gasteiger partial charge in [-0.05, 0) is 31.6 Å². The van der Waals surface area contributed by atoms with Crippen LogP contribution in [0, 0.1) is 11.3 Å². The van der Waals surface area contributed by atoms with E-state index in [1.54, 1.807) is 0 Å². The molecule has 1 rings (SSSR count). The number of nitrogens with zero attached hydrogens (tertiary/aromatic N) is 1. The van der Waals surface area contributed by atoms with Crippen LogP contribution in [0.2, 0.25) is 0 Å². The number of hydrogen-bond acceptors (Lipinski definition) is 3. The van der Waals surface area contributed by atoms with E-state index in [1.165, 1.54) is 0 Å². The summed E-state index contributed by atoms with van der Waals surface area (Å²) in [7, 11) is 0. The van der Waals surface area contributed by atoms with Gasteiger partial charge in [-0.3, -0.25) is 5.32 Å². The average Bonchev–Trinajstić information content (AvgIpc) is 2.36. The van der Waals surface area contributed by atoms with Crippen molar-refractivity contribution in [1.82, 2.24) is 5.32 Å². The molecule has 0 heterocycles. The van der Waals surface area contributed by atoms with Gasteiger partial charge in [0, 0.05) is 10.8 Å². The quantitative estimate of drug-likeness (QED) is 0.847. The van der Waals surface area contributed by atoms with Crippen LogP contribution in [0.5, 0.6) is 0 Å². The fourth-order valence-electron chi connectivity index (χ4n) is 2.18. The van der Waals surface area contributed by atoms with Gasteiger partial charge in [0.05, 0.1) is 6.07 Å². The smallest absolute Gasteiger partial charge is 0.133 e. The lowest BCUT2D eigenvalue weighted by Crippen LogP contribution is -2.45. The van der Waals surface area contributed by atoms with Crippen molar-refractivity contribution < 1.29 is 0 Å². The number of nitriles is 1. The van der Waals surface area contributed by atoms with Crippen LogP contribution in [0.25, 0.3) is 0 Å². The van der Waals surface area contributed by atoms with Crippen LogP contribution in [0.1, 0.15) is 46.6 Å². The Hall–Kier alpha value is -0.980. The summed E-state index contributed by atoms with van der Waals surface area (Å²) in [5, 5.41) is 13.3. The Morgan fingerprint density at radius 2 is 1.80 bits per heavy atom. The fraction of sp³-hybridized carbons (Fsp3) is 0.588. The molecule has 110 valence electrons. The number of hydrogen-bond donors (Lipinski definition) is 1. The van der Waals surface area contributed by atoms with Gasteiger partial charge in [-0.2, -0.15) is 17.0 Å². The van der Waals surface area contributed by atoms with Gasteiger partial charge in [-0.15, -0.1) is 0 Å². The third-order valence-electron chi connectivity index (χ3n) is 3.00. The van der Waals surface area contributed by atoms with Crippen LogP contribution in [-0.4, -0.2) is 16.5 Å². The summed E-state index contributed by atoms with van der Waals surface area (Å²) in [6, 6.07) is 12.9. The highest BCUT2D eigenvalue weighted by atomic mass is 32.2. The predicted octanol–water partition coefficient (Wildman–Crippen LogP) is 4.33. The first-order valence-corrected chi connectivity index (χ1v) is 8.16. The molecule has 1 aromatic rings. The largest absolute Gasteiger partial charge is 0.293 e. The first kappa shape index (κ1) is 17.1. The van der Waals surface area contributed by atoms with Gasteiger partial charge in [-0.25, -0.2) is 0 Å². The van der Waals surface area contributed by atoms with Crippen LogP contribution >= 0.6 is 11.8 Å². The second-order valence-electron chi connectivity index (χ2n) is 6.39. The summed E-state index contributed by atoms with van der Waals surface area (Å²) in [6.45, 7) is 10.8. The molecule has 0 aliphatic heterocycles. The van der Waals surface area contributed by atoms with Gasteiger partial charge in [-0.1, -0.05) is 51.1 Å². The molecule has 0 radical (unpaired) electrons. The second-order valence-corrected chi connectivity index (χ2v) is 8.31. The molecule has 3 heteroatoms. The van der Waals surface area contributed by atoms with Crippen molar-refractivity contribution in [2.75, 3.05) is 5.75 Å². The van der Waals surface area contributed by atoms with Crippen LogP contribution in [0.3, 0.4) is 0 Å². The van der Waals surface area contributed by atoms with Crippen LogP contribution in [-0.2, 0) is 5.54 Å². The van der Waals surface area contributed by atoms with Crippen molar-refractivity contribution in [3.05, 3.63) is 35.9 Å². The Morgan fingerprint density at radius 3 is 2.25 bits per heavy atom. The molecule has 1 N–H and O–H groups in total. The van der Waals surface area contributed by atoms with E-state index < -0.39 is 5.54 Å². The molecule has 1 atom stereocenters. The molecule has 0 saturated carbocycles. The van der Waals surface area contributed by atoms with Crippen LogP contribution < -0.4 is 5.32 Å². The summed E-state index contributed by atoms with van der Waals surface area (Å²) in [5.41, 5.74) is 0.471. The highest BCUT2D eigenvalue weighted by molar-refractivity contribution is 8.00. The van der Waals surface area contributed by atoms with Gasteiger partial charge in [0.2, 0.25) is 0 Å². The van der Waals surface area contributed by atoms with Gasteiger partial charge in [0.1, 0.15) is 5.54 Å². The molecule has 0 aromatic heterocycles. The molecule has 0 spiro atoms. The monoisotopic (exact) mass is 290 g/mol. The van der Waals surface area contributed by atoms with Crippen molar-refractivity contribution in [2.24, 2.45) is 0 Å². The Balaban J connectivity index is 2.93. The minimum absolute atomic E-state index is 0.232. The summed E-state index contributed by atoms with van der Waals surface area (Å²) < 4.78 is 0.232. The minimum atomic E-state index is -0.590. The molecule has 20 heavy (non-hydrogen) atoms. The van der Waals surface area contributed by atoms with E-state index in [0.29, 0.717) is 0 Å². The summed E-state index contributed by atoms with van der Waals surface area (Å²) in [4.78, 5) is 0. The second kappa shape index (κ2) is 7.15. The number of nitrogens with one attached hydrogen (secondary N) is 1. The lowest BCUT2D eigenvalue weighted by Gasteiger charge is -2.31. The maximum Gasteiger partial charge on any atom is 0.133 e. The fourth-order valence-corrected chi connectivity index (χ4v) is 3.20. The molecule has 1 unspecified atom stereocenters. The lowest BCUT2D eigenvalue weighted by molar-refractivity contribution is 0.378. The normalized spacial score (nSPS) is 14.8. The zero-order valence-electron chi connectivity index (χ0n) is 13.2. The van der Waals surface area contributed by atoms with Gasteiger partial charge >= 0.3 is 0 Å². The van der Waals surface area contributed by atoms with Crippen LogP contribution in [0.4, 0.5) is 0 Å². The number of benzene rings is 1. The van der Waals surface area contributed by atoms with Gasteiger partial charge in [0.25, 0.3) is 0 Å². The molecule has 0 fully saturated rings. The highest BCUT2D eigenvalue weighted by Crippen LogP contribution is 2.31. The maximum absolute atomic E-state index is 9.79. The number of rotatable bonds is 6. The van der Waals surface area contributed by atoms with Crippen molar-refractivity contribution in [3.63, 3.8) is 0 Å². The Morgan fingerprint density at radius 1 is 1.20 bits per heavy atom. The summed E-state index contributed by atoms with van der Waals surface area (Å²) in [6.07, 6.45) is 0.813. The molecule has 0 saturated heterocycles. The third-order valence-corrected chi connectivity index (χ3v) is 4.28. The highest BCUT2D eigenvalue weighted by Gasteiger charge is 2.32. The van der Waals surface area contributed by atoms with E-state index in [1.807, 2.05) is 42.1 Å². The molecule has 0 aliphatic carbocycles. The topological polar surface area (TPSA) is 35.8 Å². The van der Waals surface area contributed by atoms with Gasteiger partial charge in [0.15, 0.2) is 0 Å². The van der Waals surface area contributed by atoms with Crippen molar-refractivity contribution in [2.45, 2.75) is 57.4 Å². The van der Waals surface area contributed by atoms with E-state index in [4.69, 9.17) is 0 Å². The van der Waals surface area contributed by atoms with Crippen LogP contribution in [0.15, 0.2) is 30.3 Å². The SMILES string of the molecule is CC(C)NC(C#N)(CCSC(C)(C)C)c1ccccc1.